The van der Waals surface area contributed by atoms with Gasteiger partial charge in [-0.25, -0.2) is 4.98 Å². The molecular formula is C16H25N5. The summed E-state index contributed by atoms with van der Waals surface area (Å²) in [4.78, 5) is 4.31. The Labute approximate surface area is 126 Å². The topological polar surface area (TPSA) is 47.7 Å². The molecule has 2 heterocycles. The van der Waals surface area contributed by atoms with Gasteiger partial charge in [-0.2, -0.15) is 5.10 Å². The molecule has 2 aromatic rings. The highest BCUT2D eigenvalue weighted by Gasteiger charge is 2.25. The third-order valence-electron chi connectivity index (χ3n) is 4.26. The van der Waals surface area contributed by atoms with E-state index in [4.69, 9.17) is 5.10 Å². The van der Waals surface area contributed by atoms with Crippen LogP contribution in [-0.4, -0.2) is 25.9 Å². The van der Waals surface area contributed by atoms with Crippen molar-refractivity contribution in [2.75, 3.05) is 6.54 Å². The Bertz CT molecular complexity index is 606. The molecule has 1 saturated carbocycles. The fourth-order valence-corrected chi connectivity index (χ4v) is 2.82. The summed E-state index contributed by atoms with van der Waals surface area (Å²) in [5.74, 6) is 0. The molecule has 0 amide bonds. The third kappa shape index (κ3) is 3.02. The molecule has 21 heavy (non-hydrogen) atoms. The molecule has 3 rings (SSSR count). The molecular weight excluding hydrogens is 262 g/mol. The van der Waals surface area contributed by atoms with E-state index >= 15 is 0 Å². The van der Waals surface area contributed by atoms with E-state index in [0.717, 1.165) is 31.7 Å². The van der Waals surface area contributed by atoms with Crippen molar-refractivity contribution in [3.05, 3.63) is 35.2 Å². The molecule has 1 N–H and O–H groups in total. The summed E-state index contributed by atoms with van der Waals surface area (Å²) in [6.07, 6.45) is 7.67. The first-order chi connectivity index (χ1) is 10.2. The van der Waals surface area contributed by atoms with Crippen molar-refractivity contribution in [3.8, 4) is 0 Å². The Morgan fingerprint density at radius 1 is 1.33 bits per heavy atom. The maximum absolute atomic E-state index is 4.72. The Morgan fingerprint density at radius 2 is 2.14 bits per heavy atom. The lowest BCUT2D eigenvalue weighted by Gasteiger charge is -2.09. The highest BCUT2D eigenvalue weighted by atomic mass is 15.3. The van der Waals surface area contributed by atoms with E-state index in [2.05, 4.69) is 40.3 Å². The van der Waals surface area contributed by atoms with Crippen LogP contribution >= 0.6 is 0 Å². The van der Waals surface area contributed by atoms with Crippen LogP contribution < -0.4 is 5.32 Å². The fraction of sp³-hybridized carbons (Fsp3) is 0.625. The first-order valence-corrected chi connectivity index (χ1v) is 7.95. The largest absolute Gasteiger partial charge is 0.330 e. The molecule has 0 atom stereocenters. The van der Waals surface area contributed by atoms with E-state index in [0.29, 0.717) is 6.04 Å². The number of aromatic nitrogens is 4. The Balaban J connectivity index is 1.76. The molecule has 0 saturated heterocycles. The highest BCUT2D eigenvalue weighted by molar-refractivity contribution is 5.25. The van der Waals surface area contributed by atoms with Crippen molar-refractivity contribution in [3.63, 3.8) is 0 Å². The summed E-state index contributed by atoms with van der Waals surface area (Å²) < 4.78 is 4.43. The number of hydrogen-bond acceptors (Lipinski definition) is 3. The smallest absolute Gasteiger partial charge is 0.0951 e. The van der Waals surface area contributed by atoms with Crippen LogP contribution in [0.25, 0.3) is 0 Å². The van der Waals surface area contributed by atoms with E-state index in [1.165, 1.54) is 29.8 Å². The zero-order chi connectivity index (χ0) is 14.8. The average Bonchev–Trinajstić information content (AvgIpc) is 3.15. The van der Waals surface area contributed by atoms with Gasteiger partial charge in [-0.3, -0.25) is 4.68 Å². The third-order valence-corrected chi connectivity index (χ3v) is 4.26. The van der Waals surface area contributed by atoms with Crippen LogP contribution in [0, 0.1) is 13.8 Å². The molecule has 1 aliphatic carbocycles. The van der Waals surface area contributed by atoms with Crippen LogP contribution in [0.3, 0.4) is 0 Å². The van der Waals surface area contributed by atoms with Gasteiger partial charge in [0, 0.05) is 23.8 Å². The number of rotatable bonds is 7. The van der Waals surface area contributed by atoms with Gasteiger partial charge in [-0.05, 0) is 39.7 Å². The lowest BCUT2D eigenvalue weighted by atomic mass is 10.2. The summed E-state index contributed by atoms with van der Waals surface area (Å²) in [6.45, 7) is 9.24. The average molecular weight is 287 g/mol. The number of imidazole rings is 1. The van der Waals surface area contributed by atoms with Gasteiger partial charge in [0.25, 0.3) is 0 Å². The van der Waals surface area contributed by atoms with Crippen LogP contribution in [0.2, 0.25) is 0 Å². The number of aryl methyl sites for hydroxylation is 1. The van der Waals surface area contributed by atoms with Crippen LogP contribution in [0.15, 0.2) is 12.5 Å². The van der Waals surface area contributed by atoms with Gasteiger partial charge >= 0.3 is 0 Å². The first-order valence-electron chi connectivity index (χ1n) is 7.95. The minimum absolute atomic E-state index is 0.671. The Morgan fingerprint density at radius 3 is 2.86 bits per heavy atom. The van der Waals surface area contributed by atoms with Gasteiger partial charge in [-0.15, -0.1) is 0 Å². The zero-order valence-electron chi connectivity index (χ0n) is 13.3. The van der Waals surface area contributed by atoms with E-state index in [-0.39, 0.29) is 0 Å². The van der Waals surface area contributed by atoms with Crippen molar-refractivity contribution in [1.29, 1.82) is 0 Å². The van der Waals surface area contributed by atoms with Crippen molar-refractivity contribution >= 4 is 0 Å². The van der Waals surface area contributed by atoms with E-state index in [9.17, 15) is 0 Å². The minimum atomic E-state index is 0.671. The van der Waals surface area contributed by atoms with E-state index in [1.807, 2.05) is 12.5 Å². The quantitative estimate of drug-likeness (QED) is 0.796. The molecule has 5 nitrogen and oxygen atoms in total. The van der Waals surface area contributed by atoms with Gasteiger partial charge < -0.3 is 9.88 Å². The van der Waals surface area contributed by atoms with Crippen LogP contribution in [-0.2, 0) is 13.1 Å². The normalized spacial score (nSPS) is 14.8. The molecule has 1 fully saturated rings. The van der Waals surface area contributed by atoms with Gasteiger partial charge in [0.15, 0.2) is 0 Å². The Hall–Kier alpha value is -1.62. The summed E-state index contributed by atoms with van der Waals surface area (Å²) in [7, 11) is 0. The molecule has 0 radical (unpaired) electrons. The summed E-state index contributed by atoms with van der Waals surface area (Å²) >= 11 is 0. The molecule has 5 heteroatoms. The van der Waals surface area contributed by atoms with Crippen LogP contribution in [0.1, 0.15) is 54.9 Å². The van der Waals surface area contributed by atoms with Crippen molar-refractivity contribution in [2.45, 2.75) is 59.2 Å². The second kappa shape index (κ2) is 6.02. The lowest BCUT2D eigenvalue weighted by molar-refractivity contribution is 0.599. The minimum Gasteiger partial charge on any atom is -0.330 e. The Kier molecular flexibility index (Phi) is 4.10. The lowest BCUT2D eigenvalue weighted by Crippen LogP contribution is -2.15. The molecule has 0 spiro atoms. The molecule has 0 bridgehead atoms. The van der Waals surface area contributed by atoms with Crippen molar-refractivity contribution in [1.82, 2.24) is 24.6 Å². The second-order valence-corrected chi connectivity index (χ2v) is 6.01. The van der Waals surface area contributed by atoms with Gasteiger partial charge in [-0.1, -0.05) is 6.92 Å². The molecule has 1 aliphatic rings. The van der Waals surface area contributed by atoms with Crippen LogP contribution in [0.5, 0.6) is 0 Å². The maximum atomic E-state index is 4.72. The maximum Gasteiger partial charge on any atom is 0.0951 e. The van der Waals surface area contributed by atoms with Crippen molar-refractivity contribution < 1.29 is 0 Å². The fourth-order valence-electron chi connectivity index (χ4n) is 2.82. The van der Waals surface area contributed by atoms with Crippen LogP contribution in [0.4, 0.5) is 0 Å². The van der Waals surface area contributed by atoms with E-state index < -0.39 is 0 Å². The number of nitrogens with one attached hydrogen (secondary N) is 1. The predicted molar refractivity (Wildman–Crippen MR) is 83.3 cm³/mol. The number of nitrogens with zero attached hydrogens (tertiary/aromatic N) is 4. The number of hydrogen-bond donors (Lipinski definition) is 1. The summed E-state index contributed by atoms with van der Waals surface area (Å²) in [5, 5.41) is 8.19. The van der Waals surface area contributed by atoms with Crippen molar-refractivity contribution in [2.24, 2.45) is 0 Å². The monoisotopic (exact) mass is 287 g/mol. The van der Waals surface area contributed by atoms with Gasteiger partial charge in [0.1, 0.15) is 0 Å². The van der Waals surface area contributed by atoms with E-state index in [1.54, 1.807) is 0 Å². The molecule has 0 unspecified atom stereocenters. The molecule has 0 aliphatic heterocycles. The highest BCUT2D eigenvalue weighted by Crippen LogP contribution is 2.35. The predicted octanol–water partition coefficient (Wildman–Crippen LogP) is 2.58. The van der Waals surface area contributed by atoms with Gasteiger partial charge in [0.2, 0.25) is 0 Å². The standard InChI is InChI=1S/C16H25N5/c1-4-7-17-9-16-12(2)19-21(13(16)3)10-15-8-18-11-20(15)14-5-6-14/h8,11,14,17H,4-7,9-10H2,1-3H3. The molecule has 114 valence electrons. The summed E-state index contributed by atoms with van der Waals surface area (Å²) in [5.41, 5.74) is 4.99. The molecule has 2 aromatic heterocycles. The molecule has 0 aromatic carbocycles. The zero-order valence-corrected chi connectivity index (χ0v) is 13.3. The SMILES string of the molecule is CCCNCc1c(C)nn(Cc2cncn2C2CC2)c1C. The van der Waals surface area contributed by atoms with Gasteiger partial charge in [0.05, 0.1) is 30.5 Å². The second-order valence-electron chi connectivity index (χ2n) is 6.01. The first kappa shape index (κ1) is 14.3. The summed E-state index contributed by atoms with van der Waals surface area (Å²) in [6, 6.07) is 0.671.